The molecule has 0 aliphatic rings. The van der Waals surface area contributed by atoms with Crippen LogP contribution in [-0.2, 0) is 11.2 Å². The number of aliphatic carboxylic acids is 1. The van der Waals surface area contributed by atoms with Gasteiger partial charge >= 0.3 is 5.97 Å². The number of oxazole rings is 1. The van der Waals surface area contributed by atoms with Gasteiger partial charge in [-0.05, 0) is 36.2 Å². The maximum absolute atomic E-state index is 10.8. The Balaban J connectivity index is 2.01. The molecule has 3 rings (SSSR count). The maximum Gasteiger partial charge on any atom is 0.320 e. The Morgan fingerprint density at radius 1 is 1.26 bits per heavy atom. The van der Waals surface area contributed by atoms with Crippen LogP contribution < -0.4 is 5.73 Å². The molecule has 1 atom stereocenters. The van der Waals surface area contributed by atoms with Crippen LogP contribution in [0.3, 0.4) is 0 Å². The van der Waals surface area contributed by atoms with Crippen LogP contribution in [0.1, 0.15) is 5.56 Å². The summed E-state index contributed by atoms with van der Waals surface area (Å²) in [6, 6.07) is 9.41. The van der Waals surface area contributed by atoms with E-state index in [1.165, 1.54) is 0 Å². The molecule has 0 bridgehead atoms. The number of rotatable bonds is 4. The van der Waals surface area contributed by atoms with Crippen molar-refractivity contribution in [3.63, 3.8) is 0 Å². The van der Waals surface area contributed by atoms with E-state index in [-0.39, 0.29) is 6.42 Å². The molecule has 0 aliphatic carbocycles. The summed E-state index contributed by atoms with van der Waals surface area (Å²) in [5.74, 6) is -0.732. The van der Waals surface area contributed by atoms with Gasteiger partial charge in [0.15, 0.2) is 5.58 Å². The first-order valence-electron chi connectivity index (χ1n) is 6.78. The number of carbonyl (C=O) groups is 1. The van der Waals surface area contributed by atoms with Crippen LogP contribution >= 0.6 is 23.2 Å². The lowest BCUT2D eigenvalue weighted by atomic mass is 10.1. The number of nitrogens with two attached hydrogens (primary N) is 1. The van der Waals surface area contributed by atoms with Crippen LogP contribution in [0.25, 0.3) is 22.6 Å². The second-order valence-electron chi connectivity index (χ2n) is 5.07. The number of carboxylic acids is 1. The lowest BCUT2D eigenvalue weighted by molar-refractivity contribution is -0.138. The number of hydrogen-bond acceptors (Lipinski definition) is 4. The Bertz CT molecular complexity index is 872. The van der Waals surface area contributed by atoms with E-state index in [9.17, 15) is 4.79 Å². The summed E-state index contributed by atoms with van der Waals surface area (Å²) in [5.41, 5.74) is 7.98. The number of nitrogens with zero attached hydrogens (tertiary/aromatic N) is 1. The molecule has 118 valence electrons. The summed E-state index contributed by atoms with van der Waals surface area (Å²) in [6.07, 6.45) is 0.209. The van der Waals surface area contributed by atoms with E-state index in [1.807, 2.05) is 0 Å². The van der Waals surface area contributed by atoms with Crippen molar-refractivity contribution in [3.05, 3.63) is 52.0 Å². The minimum absolute atomic E-state index is 0.209. The summed E-state index contributed by atoms with van der Waals surface area (Å²) in [4.78, 5) is 15.2. The molecule has 1 unspecified atom stereocenters. The maximum atomic E-state index is 10.8. The van der Waals surface area contributed by atoms with Gasteiger partial charge in [-0.25, -0.2) is 4.98 Å². The fraction of sp³-hybridized carbons (Fsp3) is 0.125. The predicted molar refractivity (Wildman–Crippen MR) is 88.8 cm³/mol. The van der Waals surface area contributed by atoms with Gasteiger partial charge in [0.1, 0.15) is 11.6 Å². The molecule has 0 saturated heterocycles. The van der Waals surface area contributed by atoms with Crippen molar-refractivity contribution in [1.29, 1.82) is 0 Å². The molecule has 23 heavy (non-hydrogen) atoms. The van der Waals surface area contributed by atoms with Crippen molar-refractivity contribution in [2.24, 2.45) is 5.73 Å². The van der Waals surface area contributed by atoms with Crippen LogP contribution in [-0.4, -0.2) is 22.1 Å². The Morgan fingerprint density at radius 2 is 1.96 bits per heavy atom. The van der Waals surface area contributed by atoms with Crippen molar-refractivity contribution < 1.29 is 14.3 Å². The van der Waals surface area contributed by atoms with Gasteiger partial charge in [0.2, 0.25) is 5.89 Å². The molecule has 1 aromatic heterocycles. The summed E-state index contributed by atoms with van der Waals surface area (Å²) in [7, 11) is 0. The molecule has 0 saturated carbocycles. The molecule has 1 heterocycles. The average Bonchev–Trinajstić information content (AvgIpc) is 2.89. The Hall–Kier alpha value is -2.08. The Kier molecular flexibility index (Phi) is 4.26. The van der Waals surface area contributed by atoms with Crippen molar-refractivity contribution in [3.8, 4) is 11.5 Å². The lowest BCUT2D eigenvalue weighted by Crippen LogP contribution is -2.32. The molecule has 0 aliphatic heterocycles. The van der Waals surface area contributed by atoms with E-state index in [2.05, 4.69) is 4.98 Å². The largest absolute Gasteiger partial charge is 0.480 e. The van der Waals surface area contributed by atoms with Gasteiger partial charge in [-0.1, -0.05) is 35.3 Å². The highest BCUT2D eigenvalue weighted by Gasteiger charge is 2.17. The Morgan fingerprint density at radius 3 is 2.61 bits per heavy atom. The second kappa shape index (κ2) is 6.20. The minimum atomic E-state index is -1.05. The average molecular weight is 351 g/mol. The van der Waals surface area contributed by atoms with Crippen LogP contribution in [0.5, 0.6) is 0 Å². The fourth-order valence-electron chi connectivity index (χ4n) is 2.25. The zero-order chi connectivity index (χ0) is 16.6. The number of hydrogen-bond donors (Lipinski definition) is 2. The number of carboxylic acid groups (broad SMARTS) is 1. The summed E-state index contributed by atoms with van der Waals surface area (Å²) < 4.78 is 5.70. The lowest BCUT2D eigenvalue weighted by Gasteiger charge is -2.05. The smallest absolute Gasteiger partial charge is 0.320 e. The number of halogens is 2. The van der Waals surface area contributed by atoms with Crippen LogP contribution in [0, 0.1) is 0 Å². The highest BCUT2D eigenvalue weighted by Crippen LogP contribution is 2.35. The van der Waals surface area contributed by atoms with Crippen LogP contribution in [0.2, 0.25) is 10.0 Å². The first-order valence-corrected chi connectivity index (χ1v) is 7.53. The predicted octanol–water partition coefficient (Wildman–Crippen LogP) is 3.76. The molecule has 3 aromatic rings. The second-order valence-corrected chi connectivity index (χ2v) is 5.88. The molecule has 0 fully saturated rings. The van der Waals surface area contributed by atoms with Gasteiger partial charge in [-0.2, -0.15) is 0 Å². The standard InChI is InChI=1S/C16H12Cl2N2O3/c17-9-2-1-3-10(18)14(9)15-20-12-7-8(4-5-13(12)23-15)6-11(19)16(21)22/h1-5,7,11H,6,19H2,(H,21,22). The van der Waals surface area contributed by atoms with E-state index in [0.29, 0.717) is 32.6 Å². The van der Waals surface area contributed by atoms with Crippen LogP contribution in [0.4, 0.5) is 0 Å². The number of benzene rings is 2. The summed E-state index contributed by atoms with van der Waals surface area (Å²) in [5, 5.41) is 9.77. The summed E-state index contributed by atoms with van der Waals surface area (Å²) >= 11 is 12.3. The normalized spacial score (nSPS) is 12.5. The third kappa shape index (κ3) is 3.17. The molecule has 0 amide bonds. The van der Waals surface area contributed by atoms with E-state index < -0.39 is 12.0 Å². The van der Waals surface area contributed by atoms with Crippen molar-refractivity contribution in [2.45, 2.75) is 12.5 Å². The molecule has 5 nitrogen and oxygen atoms in total. The molecule has 7 heteroatoms. The van der Waals surface area contributed by atoms with E-state index in [4.69, 9.17) is 38.5 Å². The van der Waals surface area contributed by atoms with Gasteiger partial charge in [0.25, 0.3) is 0 Å². The first kappa shape index (κ1) is 15.8. The van der Waals surface area contributed by atoms with Gasteiger partial charge in [0, 0.05) is 0 Å². The van der Waals surface area contributed by atoms with Gasteiger partial charge in [-0.15, -0.1) is 0 Å². The molecule has 0 spiro atoms. The highest BCUT2D eigenvalue weighted by molar-refractivity contribution is 6.38. The topological polar surface area (TPSA) is 89.4 Å². The monoisotopic (exact) mass is 350 g/mol. The quantitative estimate of drug-likeness (QED) is 0.747. The number of fused-ring (bicyclic) bond motifs is 1. The van der Waals surface area contributed by atoms with Gasteiger partial charge < -0.3 is 15.3 Å². The molecular formula is C16H12Cl2N2O3. The van der Waals surface area contributed by atoms with E-state index in [0.717, 1.165) is 5.56 Å². The zero-order valence-corrected chi connectivity index (χ0v) is 13.3. The molecule has 2 aromatic carbocycles. The van der Waals surface area contributed by atoms with Crippen molar-refractivity contribution in [1.82, 2.24) is 4.98 Å². The SMILES string of the molecule is NC(Cc1ccc2oc(-c3c(Cl)cccc3Cl)nc2c1)C(=O)O. The fourth-order valence-corrected chi connectivity index (χ4v) is 2.81. The van der Waals surface area contributed by atoms with E-state index >= 15 is 0 Å². The van der Waals surface area contributed by atoms with Crippen LogP contribution in [0.15, 0.2) is 40.8 Å². The first-order chi connectivity index (χ1) is 11.0. The highest BCUT2D eigenvalue weighted by atomic mass is 35.5. The molecular weight excluding hydrogens is 339 g/mol. The van der Waals surface area contributed by atoms with Gasteiger partial charge in [0.05, 0.1) is 15.6 Å². The van der Waals surface area contributed by atoms with Gasteiger partial charge in [-0.3, -0.25) is 4.79 Å². The van der Waals surface area contributed by atoms with Crippen molar-refractivity contribution in [2.75, 3.05) is 0 Å². The third-order valence-electron chi connectivity index (χ3n) is 3.40. The minimum Gasteiger partial charge on any atom is -0.480 e. The molecule has 0 radical (unpaired) electrons. The number of aromatic nitrogens is 1. The zero-order valence-electron chi connectivity index (χ0n) is 11.8. The third-order valence-corrected chi connectivity index (χ3v) is 4.03. The van der Waals surface area contributed by atoms with E-state index in [1.54, 1.807) is 36.4 Å². The molecule has 3 N–H and O–H groups in total. The summed E-state index contributed by atoms with van der Waals surface area (Å²) in [6.45, 7) is 0. The Labute approximate surface area is 141 Å². The van der Waals surface area contributed by atoms with Crippen molar-refractivity contribution >= 4 is 40.3 Å².